The Morgan fingerprint density at radius 1 is 1.16 bits per heavy atom. The van der Waals surface area contributed by atoms with Crippen LogP contribution in [0.4, 0.5) is 4.79 Å². The van der Waals surface area contributed by atoms with Gasteiger partial charge in [-0.25, -0.2) is 4.79 Å². The molecule has 0 heterocycles. The molecular formula is C24H39N3O5. The van der Waals surface area contributed by atoms with E-state index in [0.717, 1.165) is 12.8 Å². The molecular weight excluding hydrogens is 410 g/mol. The fourth-order valence-corrected chi connectivity index (χ4v) is 3.21. The van der Waals surface area contributed by atoms with Crippen molar-refractivity contribution < 1.29 is 24.2 Å². The van der Waals surface area contributed by atoms with Gasteiger partial charge in [0.1, 0.15) is 23.4 Å². The van der Waals surface area contributed by atoms with Crippen LogP contribution in [0.1, 0.15) is 78.0 Å². The van der Waals surface area contributed by atoms with Crippen LogP contribution in [0.3, 0.4) is 0 Å². The number of unbranched alkanes of at least 4 members (excludes halogenated alkanes) is 1. The third-order valence-corrected chi connectivity index (χ3v) is 4.78. The second-order valence-electron chi connectivity index (χ2n) is 8.99. The van der Waals surface area contributed by atoms with E-state index in [1.807, 2.05) is 13.8 Å². The van der Waals surface area contributed by atoms with E-state index < -0.39 is 23.8 Å². The summed E-state index contributed by atoms with van der Waals surface area (Å²) in [4.78, 5) is 40.2. The topological polar surface area (TPSA) is 108 Å². The smallest absolute Gasteiger partial charge is 0.408 e. The second-order valence-corrected chi connectivity index (χ2v) is 8.99. The number of ether oxygens (including phenoxy) is 1. The summed E-state index contributed by atoms with van der Waals surface area (Å²) in [5.41, 5.74) is 0.513. The van der Waals surface area contributed by atoms with Gasteiger partial charge in [-0.05, 0) is 70.7 Å². The first kappa shape index (κ1) is 27.3. The number of amides is 3. The van der Waals surface area contributed by atoms with Crippen LogP contribution in [0.25, 0.3) is 0 Å². The zero-order chi connectivity index (χ0) is 24.5. The number of aryl methyl sites for hydroxylation is 1. The lowest BCUT2D eigenvalue weighted by Crippen LogP contribution is -2.52. The Bertz CT molecular complexity index is 788. The predicted molar refractivity (Wildman–Crippen MR) is 124 cm³/mol. The number of rotatable bonds is 10. The Balaban J connectivity index is 3.24. The summed E-state index contributed by atoms with van der Waals surface area (Å²) in [6.45, 7) is 13.3. The van der Waals surface area contributed by atoms with Crippen LogP contribution < -0.4 is 10.6 Å². The number of aromatic hydroxyl groups is 1. The molecule has 3 N–H and O–H groups in total. The maximum absolute atomic E-state index is 13.4. The van der Waals surface area contributed by atoms with Crippen molar-refractivity contribution in [3.05, 3.63) is 29.3 Å². The van der Waals surface area contributed by atoms with Crippen molar-refractivity contribution in [2.75, 3.05) is 13.1 Å². The molecule has 0 bridgehead atoms. The van der Waals surface area contributed by atoms with Crippen molar-refractivity contribution in [2.45, 2.75) is 85.4 Å². The molecule has 180 valence electrons. The number of nitrogens with one attached hydrogen (secondary N) is 2. The van der Waals surface area contributed by atoms with Gasteiger partial charge in [0.15, 0.2) is 0 Å². The van der Waals surface area contributed by atoms with Gasteiger partial charge in [-0.3, -0.25) is 9.59 Å². The fourth-order valence-electron chi connectivity index (χ4n) is 3.21. The number of hydrogen-bond donors (Lipinski definition) is 3. The zero-order valence-corrected chi connectivity index (χ0v) is 20.4. The maximum atomic E-state index is 13.4. The Labute approximate surface area is 191 Å². The van der Waals surface area contributed by atoms with Gasteiger partial charge >= 0.3 is 6.09 Å². The summed E-state index contributed by atoms with van der Waals surface area (Å²) in [7, 11) is 0. The van der Waals surface area contributed by atoms with E-state index in [0.29, 0.717) is 30.6 Å². The number of benzene rings is 1. The normalized spacial score (nSPS) is 13.1. The first-order valence-electron chi connectivity index (χ1n) is 11.3. The fraction of sp³-hybridized carbons (Fsp3) is 0.625. The average molecular weight is 450 g/mol. The molecule has 2 atom stereocenters. The molecule has 8 heteroatoms. The van der Waals surface area contributed by atoms with Gasteiger partial charge in [0.05, 0.1) is 0 Å². The highest BCUT2D eigenvalue weighted by molar-refractivity contribution is 5.92. The lowest BCUT2D eigenvalue weighted by molar-refractivity contribution is -0.142. The van der Waals surface area contributed by atoms with E-state index in [2.05, 4.69) is 10.6 Å². The van der Waals surface area contributed by atoms with Crippen LogP contribution in [0.5, 0.6) is 5.75 Å². The molecule has 0 radical (unpaired) electrons. The molecule has 8 nitrogen and oxygen atoms in total. The highest BCUT2D eigenvalue weighted by Gasteiger charge is 2.34. The monoisotopic (exact) mass is 449 g/mol. The van der Waals surface area contributed by atoms with Gasteiger partial charge in [-0.15, -0.1) is 0 Å². The van der Waals surface area contributed by atoms with Gasteiger partial charge in [-0.1, -0.05) is 26.3 Å². The van der Waals surface area contributed by atoms with E-state index in [-0.39, 0.29) is 17.6 Å². The van der Waals surface area contributed by atoms with Crippen LogP contribution in [0.15, 0.2) is 18.2 Å². The van der Waals surface area contributed by atoms with E-state index in [4.69, 9.17) is 4.74 Å². The van der Waals surface area contributed by atoms with Crippen LogP contribution in [-0.2, 0) is 14.3 Å². The Kier molecular flexibility index (Phi) is 10.5. The van der Waals surface area contributed by atoms with E-state index >= 15 is 0 Å². The minimum atomic E-state index is -0.888. The molecule has 1 aromatic rings. The van der Waals surface area contributed by atoms with Crippen LogP contribution in [-0.4, -0.2) is 52.6 Å². The van der Waals surface area contributed by atoms with Crippen molar-refractivity contribution in [3.63, 3.8) is 0 Å². The van der Waals surface area contributed by atoms with Crippen molar-refractivity contribution >= 4 is 17.9 Å². The molecule has 1 aromatic carbocycles. The molecule has 3 amide bonds. The SMILES string of the molecule is CCCCNC(=O)C(c1ccc(O)c(C)c1)N(CCC)C(=O)C(C)NC(=O)OC(C)(C)C. The minimum Gasteiger partial charge on any atom is -0.508 e. The van der Waals surface area contributed by atoms with E-state index in [9.17, 15) is 19.5 Å². The lowest BCUT2D eigenvalue weighted by Gasteiger charge is -2.33. The largest absolute Gasteiger partial charge is 0.508 e. The van der Waals surface area contributed by atoms with E-state index in [1.54, 1.807) is 46.8 Å². The van der Waals surface area contributed by atoms with Crippen molar-refractivity contribution in [1.29, 1.82) is 0 Å². The Morgan fingerprint density at radius 2 is 1.81 bits per heavy atom. The molecule has 0 saturated carbocycles. The van der Waals surface area contributed by atoms with Gasteiger partial charge in [-0.2, -0.15) is 0 Å². The first-order valence-corrected chi connectivity index (χ1v) is 11.3. The molecule has 0 fully saturated rings. The van der Waals surface area contributed by atoms with Gasteiger partial charge in [0.25, 0.3) is 0 Å². The van der Waals surface area contributed by atoms with Gasteiger partial charge < -0.3 is 25.4 Å². The number of carbonyl (C=O) groups is 3. The summed E-state index contributed by atoms with van der Waals surface area (Å²) in [5.74, 6) is -0.568. The predicted octanol–water partition coefficient (Wildman–Crippen LogP) is 3.81. The van der Waals surface area contributed by atoms with Gasteiger partial charge in [0, 0.05) is 13.1 Å². The Morgan fingerprint density at radius 3 is 2.34 bits per heavy atom. The standard InChI is InChI=1S/C24H39N3O5/c1-8-10-13-25-21(29)20(18-11-12-19(28)16(3)15-18)27(14-9-2)22(30)17(4)26-23(31)32-24(5,6)7/h11-12,15,17,20,28H,8-10,13-14H2,1-7H3,(H,25,29)(H,26,31). The lowest BCUT2D eigenvalue weighted by atomic mass is 10.00. The molecule has 32 heavy (non-hydrogen) atoms. The summed E-state index contributed by atoms with van der Waals surface area (Å²) in [6.07, 6.45) is 1.68. The summed E-state index contributed by atoms with van der Waals surface area (Å²) in [5, 5.41) is 15.4. The number of alkyl carbamates (subject to hydrolysis) is 1. The van der Waals surface area contributed by atoms with Crippen LogP contribution in [0, 0.1) is 6.92 Å². The van der Waals surface area contributed by atoms with Crippen molar-refractivity contribution in [2.24, 2.45) is 0 Å². The molecule has 0 aromatic heterocycles. The molecule has 0 aliphatic heterocycles. The summed E-state index contributed by atoms with van der Waals surface area (Å²) >= 11 is 0. The van der Waals surface area contributed by atoms with Crippen molar-refractivity contribution in [3.8, 4) is 5.75 Å². The quantitative estimate of drug-likeness (QED) is 0.471. The highest BCUT2D eigenvalue weighted by Crippen LogP contribution is 2.27. The molecule has 0 aliphatic carbocycles. The zero-order valence-electron chi connectivity index (χ0n) is 20.4. The Hall–Kier alpha value is -2.77. The average Bonchev–Trinajstić information content (AvgIpc) is 2.68. The molecule has 0 aliphatic rings. The van der Waals surface area contributed by atoms with Crippen LogP contribution >= 0.6 is 0 Å². The molecule has 0 spiro atoms. The van der Waals surface area contributed by atoms with Crippen LogP contribution in [0.2, 0.25) is 0 Å². The molecule has 2 unspecified atom stereocenters. The minimum absolute atomic E-state index is 0.118. The number of phenolic OH excluding ortho intramolecular Hbond substituents is 1. The second kappa shape index (κ2) is 12.3. The summed E-state index contributed by atoms with van der Waals surface area (Å²) in [6, 6.07) is 3.10. The van der Waals surface area contributed by atoms with Gasteiger partial charge in [0.2, 0.25) is 11.8 Å². The maximum Gasteiger partial charge on any atom is 0.408 e. The van der Waals surface area contributed by atoms with Crippen molar-refractivity contribution in [1.82, 2.24) is 15.5 Å². The highest BCUT2D eigenvalue weighted by atomic mass is 16.6. The third-order valence-electron chi connectivity index (χ3n) is 4.78. The van der Waals surface area contributed by atoms with E-state index in [1.165, 1.54) is 11.0 Å². The summed E-state index contributed by atoms with van der Waals surface area (Å²) < 4.78 is 5.26. The number of nitrogens with zero attached hydrogens (tertiary/aromatic N) is 1. The molecule has 0 saturated heterocycles. The molecule has 1 rings (SSSR count). The number of phenols is 1. The third kappa shape index (κ3) is 8.40. The number of carbonyl (C=O) groups excluding carboxylic acids is 3. The number of hydrogen-bond acceptors (Lipinski definition) is 5. The first-order chi connectivity index (χ1) is 14.9.